The number of ketones is 1. The van der Waals surface area contributed by atoms with Gasteiger partial charge in [0.1, 0.15) is 0 Å². The van der Waals surface area contributed by atoms with Crippen molar-refractivity contribution in [2.45, 2.75) is 97.1 Å². The molecule has 176 valence electrons. The Morgan fingerprint density at radius 3 is 2.39 bits per heavy atom. The van der Waals surface area contributed by atoms with Crippen LogP contribution >= 0.6 is 0 Å². The van der Waals surface area contributed by atoms with Gasteiger partial charge in [0, 0.05) is 19.0 Å². The van der Waals surface area contributed by atoms with E-state index in [2.05, 4.69) is 32.6 Å². The van der Waals surface area contributed by atoms with E-state index in [4.69, 9.17) is 4.74 Å². The Balaban J connectivity index is 1.33. The first-order valence-electron chi connectivity index (χ1n) is 13.2. The van der Waals surface area contributed by atoms with Gasteiger partial charge in [-0.05, 0) is 106 Å². The number of fused-ring (bicyclic) bond motifs is 5. The van der Waals surface area contributed by atoms with Gasteiger partial charge in [-0.25, -0.2) is 0 Å². The standard InChI is InChI=1S/C27H45NO3/c1-18(28-13-15-31-16-14-28)24(29)23-8-7-21-20-6-5-19-17-25(2,30)11-12-26(19,3)22(20)9-10-27(21,23)4/h18-23,30H,5-17H2,1-4H3/t18?,19-,20-,21-,22-,23+,25+,26-,27-/m0/s1. The topological polar surface area (TPSA) is 49.8 Å². The molecule has 5 fully saturated rings. The van der Waals surface area contributed by atoms with Gasteiger partial charge in [-0.3, -0.25) is 9.69 Å². The van der Waals surface area contributed by atoms with Crippen LogP contribution in [0.5, 0.6) is 0 Å². The number of morpholine rings is 1. The summed E-state index contributed by atoms with van der Waals surface area (Å²) in [6.45, 7) is 12.6. The average molecular weight is 432 g/mol. The molecule has 5 aliphatic rings. The molecule has 1 aliphatic heterocycles. The average Bonchev–Trinajstić information content (AvgIpc) is 3.11. The van der Waals surface area contributed by atoms with Crippen LogP contribution in [0.15, 0.2) is 0 Å². The van der Waals surface area contributed by atoms with E-state index >= 15 is 0 Å². The summed E-state index contributed by atoms with van der Waals surface area (Å²) in [6, 6.07) is 0.0380. The van der Waals surface area contributed by atoms with Crippen LogP contribution in [0.4, 0.5) is 0 Å². The third-order valence-corrected chi connectivity index (χ3v) is 11.3. The molecule has 0 bridgehead atoms. The second-order valence-electron chi connectivity index (χ2n) is 12.8. The van der Waals surface area contributed by atoms with Crippen LogP contribution in [-0.4, -0.2) is 53.7 Å². The van der Waals surface area contributed by atoms with Crippen molar-refractivity contribution in [3.05, 3.63) is 0 Å². The summed E-state index contributed by atoms with van der Waals surface area (Å²) >= 11 is 0. The van der Waals surface area contributed by atoms with Crippen molar-refractivity contribution in [2.75, 3.05) is 26.3 Å². The van der Waals surface area contributed by atoms with Gasteiger partial charge in [0.05, 0.1) is 24.9 Å². The summed E-state index contributed by atoms with van der Waals surface area (Å²) in [4.78, 5) is 16.1. The van der Waals surface area contributed by atoms with Crippen molar-refractivity contribution in [1.82, 2.24) is 4.90 Å². The lowest BCUT2D eigenvalue weighted by Crippen LogP contribution is -2.56. The first-order chi connectivity index (χ1) is 14.7. The highest BCUT2D eigenvalue weighted by Gasteiger charge is 2.62. The fourth-order valence-electron chi connectivity index (χ4n) is 9.33. The number of rotatable bonds is 3. The molecule has 5 rings (SSSR count). The number of Topliss-reactive ketones (excluding diaryl/α,β-unsaturated/α-hetero) is 1. The Labute approximate surface area is 189 Å². The quantitative estimate of drug-likeness (QED) is 0.704. The molecule has 0 radical (unpaired) electrons. The lowest BCUT2D eigenvalue weighted by atomic mass is 9.44. The SMILES string of the molecule is CC(C(=O)[C@H]1CC[C@H]2[C@@H]3CC[C@H]4C[C@](C)(O)CC[C@]4(C)[C@H]3CC[C@]12C)N1CCOCC1. The zero-order chi connectivity index (χ0) is 22.0. The molecule has 0 amide bonds. The third-order valence-electron chi connectivity index (χ3n) is 11.3. The number of ether oxygens (including phenoxy) is 1. The summed E-state index contributed by atoms with van der Waals surface area (Å²) in [6.07, 6.45) is 10.6. The maximum atomic E-state index is 13.7. The van der Waals surface area contributed by atoms with Crippen LogP contribution in [0.2, 0.25) is 0 Å². The molecule has 0 aromatic heterocycles. The first kappa shape index (κ1) is 22.3. The van der Waals surface area contributed by atoms with Gasteiger partial charge < -0.3 is 9.84 Å². The number of hydrogen-bond acceptors (Lipinski definition) is 4. The van der Waals surface area contributed by atoms with E-state index in [1.165, 1.54) is 38.5 Å². The molecule has 1 saturated heterocycles. The van der Waals surface area contributed by atoms with Crippen molar-refractivity contribution in [3.63, 3.8) is 0 Å². The van der Waals surface area contributed by atoms with Gasteiger partial charge >= 0.3 is 0 Å². The van der Waals surface area contributed by atoms with Crippen molar-refractivity contribution in [1.29, 1.82) is 0 Å². The molecule has 1 N–H and O–H groups in total. The molecule has 0 aromatic carbocycles. The minimum Gasteiger partial charge on any atom is -0.390 e. The number of nitrogens with zero attached hydrogens (tertiary/aromatic N) is 1. The van der Waals surface area contributed by atoms with Crippen molar-refractivity contribution in [2.24, 2.45) is 40.4 Å². The smallest absolute Gasteiger partial charge is 0.153 e. The molecular formula is C27H45NO3. The highest BCUT2D eigenvalue weighted by molar-refractivity contribution is 5.87. The summed E-state index contributed by atoms with van der Waals surface area (Å²) < 4.78 is 5.52. The van der Waals surface area contributed by atoms with E-state index in [0.717, 1.165) is 63.3 Å². The predicted molar refractivity (Wildman–Crippen MR) is 123 cm³/mol. The molecule has 4 aliphatic carbocycles. The normalized spacial score (nSPS) is 51.5. The number of aliphatic hydroxyl groups is 1. The van der Waals surface area contributed by atoms with Gasteiger partial charge in [0.25, 0.3) is 0 Å². The van der Waals surface area contributed by atoms with E-state index in [1.807, 2.05) is 0 Å². The van der Waals surface area contributed by atoms with Crippen LogP contribution in [0.25, 0.3) is 0 Å². The summed E-state index contributed by atoms with van der Waals surface area (Å²) in [5.41, 5.74) is 0.137. The third kappa shape index (κ3) is 3.54. The Morgan fingerprint density at radius 2 is 1.65 bits per heavy atom. The van der Waals surface area contributed by atoms with Crippen molar-refractivity contribution < 1.29 is 14.6 Å². The molecule has 4 heteroatoms. The fourth-order valence-corrected chi connectivity index (χ4v) is 9.33. The van der Waals surface area contributed by atoms with E-state index in [-0.39, 0.29) is 17.4 Å². The second kappa shape index (κ2) is 7.81. The van der Waals surface area contributed by atoms with Crippen molar-refractivity contribution >= 4 is 5.78 Å². The van der Waals surface area contributed by atoms with E-state index in [9.17, 15) is 9.90 Å². The maximum Gasteiger partial charge on any atom is 0.153 e. The Morgan fingerprint density at radius 1 is 0.935 bits per heavy atom. The molecule has 9 atom stereocenters. The maximum absolute atomic E-state index is 13.7. The van der Waals surface area contributed by atoms with Gasteiger partial charge in [-0.15, -0.1) is 0 Å². The molecule has 0 spiro atoms. The number of carbonyl (C=O) groups excluding carboxylic acids is 1. The van der Waals surface area contributed by atoms with Crippen LogP contribution in [-0.2, 0) is 9.53 Å². The highest BCUT2D eigenvalue weighted by atomic mass is 16.5. The zero-order valence-corrected chi connectivity index (χ0v) is 20.4. The van der Waals surface area contributed by atoms with Gasteiger partial charge in [0.2, 0.25) is 0 Å². The molecule has 31 heavy (non-hydrogen) atoms. The van der Waals surface area contributed by atoms with Gasteiger partial charge in [-0.2, -0.15) is 0 Å². The zero-order valence-electron chi connectivity index (χ0n) is 20.4. The van der Waals surface area contributed by atoms with Crippen LogP contribution in [0.3, 0.4) is 0 Å². The monoisotopic (exact) mass is 431 g/mol. The van der Waals surface area contributed by atoms with Crippen LogP contribution in [0.1, 0.15) is 85.5 Å². The highest BCUT2D eigenvalue weighted by Crippen LogP contribution is 2.68. The van der Waals surface area contributed by atoms with E-state index in [0.29, 0.717) is 17.1 Å². The Bertz CT molecular complexity index is 701. The minimum atomic E-state index is -0.458. The fraction of sp³-hybridized carbons (Fsp3) is 0.963. The molecule has 4 saturated carbocycles. The van der Waals surface area contributed by atoms with Crippen LogP contribution in [0, 0.1) is 40.4 Å². The molecular weight excluding hydrogens is 386 g/mol. The number of carbonyl (C=O) groups is 1. The first-order valence-corrected chi connectivity index (χ1v) is 13.2. The van der Waals surface area contributed by atoms with Crippen molar-refractivity contribution in [3.8, 4) is 0 Å². The predicted octanol–water partition coefficient (Wildman–Crippen LogP) is 4.69. The lowest BCUT2D eigenvalue weighted by molar-refractivity contribution is -0.152. The Kier molecular flexibility index (Phi) is 5.63. The second-order valence-corrected chi connectivity index (χ2v) is 12.8. The summed E-state index contributed by atoms with van der Waals surface area (Å²) in [5, 5.41) is 10.7. The van der Waals surface area contributed by atoms with Gasteiger partial charge in [0.15, 0.2) is 5.78 Å². The van der Waals surface area contributed by atoms with E-state index in [1.54, 1.807) is 0 Å². The van der Waals surface area contributed by atoms with E-state index < -0.39 is 5.60 Å². The molecule has 0 aromatic rings. The molecule has 4 nitrogen and oxygen atoms in total. The Hall–Kier alpha value is -0.450. The summed E-state index contributed by atoms with van der Waals surface area (Å²) in [7, 11) is 0. The minimum absolute atomic E-state index is 0.0380. The van der Waals surface area contributed by atoms with Crippen LogP contribution < -0.4 is 0 Å². The molecule has 1 heterocycles. The van der Waals surface area contributed by atoms with Gasteiger partial charge in [-0.1, -0.05) is 13.8 Å². The number of hydrogen-bond donors (Lipinski definition) is 1. The largest absolute Gasteiger partial charge is 0.390 e. The molecule has 1 unspecified atom stereocenters. The summed E-state index contributed by atoms with van der Waals surface area (Å²) in [5.74, 6) is 3.75. The lowest BCUT2D eigenvalue weighted by Gasteiger charge is -2.62.